The number of piperazine rings is 1. The molecule has 1 aromatic rings. The molecule has 1 atom stereocenters. The van der Waals surface area contributed by atoms with Gasteiger partial charge in [-0.1, -0.05) is 29.3 Å². The number of nitrogens with one attached hydrogen (secondary N) is 1. The molecule has 2 rings (SSSR count). The van der Waals surface area contributed by atoms with Crippen LogP contribution in [0, 0.1) is 0 Å². The van der Waals surface area contributed by atoms with Crippen molar-refractivity contribution in [2.75, 3.05) is 33.2 Å². The zero-order valence-electron chi connectivity index (χ0n) is 10.8. The highest BCUT2D eigenvalue weighted by atomic mass is 35.5. The fourth-order valence-corrected chi connectivity index (χ4v) is 2.37. The van der Waals surface area contributed by atoms with Crippen molar-refractivity contribution in [2.24, 2.45) is 0 Å². The third-order valence-corrected chi connectivity index (χ3v) is 4.06. The Bertz CT molecular complexity index is 403. The molecule has 1 aromatic carbocycles. The number of hydrogen-bond donors (Lipinski definition) is 1. The lowest BCUT2D eigenvalue weighted by Crippen LogP contribution is -2.51. The SMILES string of the molecule is CC(NN1CCN(C)CC1)c1ccc(Cl)c(Cl)c1. The molecule has 1 aliphatic rings. The van der Waals surface area contributed by atoms with Gasteiger partial charge in [-0.2, -0.15) is 0 Å². The third-order valence-electron chi connectivity index (χ3n) is 3.32. The predicted octanol–water partition coefficient (Wildman–Crippen LogP) is 2.81. The molecule has 0 spiro atoms. The molecule has 0 saturated carbocycles. The van der Waals surface area contributed by atoms with E-state index in [4.69, 9.17) is 23.2 Å². The second-order valence-corrected chi connectivity index (χ2v) is 5.63. The second-order valence-electron chi connectivity index (χ2n) is 4.81. The van der Waals surface area contributed by atoms with E-state index in [9.17, 15) is 0 Å². The molecule has 1 unspecified atom stereocenters. The number of likely N-dealkylation sites (N-methyl/N-ethyl adjacent to an activating group) is 1. The number of nitrogens with zero attached hydrogens (tertiary/aromatic N) is 2. The summed E-state index contributed by atoms with van der Waals surface area (Å²) in [7, 11) is 2.15. The molecule has 0 radical (unpaired) electrons. The van der Waals surface area contributed by atoms with Crippen LogP contribution in [-0.2, 0) is 0 Å². The molecular formula is C13H19Cl2N3. The summed E-state index contributed by atoms with van der Waals surface area (Å²) < 4.78 is 0. The topological polar surface area (TPSA) is 18.5 Å². The van der Waals surface area contributed by atoms with Gasteiger partial charge < -0.3 is 4.90 Å². The van der Waals surface area contributed by atoms with Gasteiger partial charge in [0.1, 0.15) is 0 Å². The third kappa shape index (κ3) is 3.59. The first-order valence-corrected chi connectivity index (χ1v) is 6.96. The lowest BCUT2D eigenvalue weighted by Gasteiger charge is -2.34. The molecule has 5 heteroatoms. The van der Waals surface area contributed by atoms with Crippen LogP contribution in [0.3, 0.4) is 0 Å². The summed E-state index contributed by atoms with van der Waals surface area (Å²) in [6, 6.07) is 6.03. The van der Waals surface area contributed by atoms with Crippen LogP contribution in [0.4, 0.5) is 0 Å². The normalized spacial score (nSPS) is 20.0. The van der Waals surface area contributed by atoms with Crippen molar-refractivity contribution >= 4 is 23.2 Å². The van der Waals surface area contributed by atoms with E-state index in [0.29, 0.717) is 10.0 Å². The van der Waals surface area contributed by atoms with Crippen LogP contribution in [0.1, 0.15) is 18.5 Å². The first kappa shape index (κ1) is 14.1. The van der Waals surface area contributed by atoms with Gasteiger partial charge >= 0.3 is 0 Å². The molecule has 1 aliphatic heterocycles. The molecule has 100 valence electrons. The summed E-state index contributed by atoms with van der Waals surface area (Å²) in [6.45, 7) is 6.42. The molecular weight excluding hydrogens is 269 g/mol. The van der Waals surface area contributed by atoms with Gasteiger partial charge in [0.15, 0.2) is 0 Å². The van der Waals surface area contributed by atoms with Gasteiger partial charge in [0.05, 0.1) is 10.0 Å². The van der Waals surface area contributed by atoms with Crippen LogP contribution in [0.25, 0.3) is 0 Å². The molecule has 0 aromatic heterocycles. The van der Waals surface area contributed by atoms with Gasteiger partial charge in [-0.3, -0.25) is 0 Å². The maximum Gasteiger partial charge on any atom is 0.0595 e. The van der Waals surface area contributed by atoms with Crippen molar-refractivity contribution in [1.82, 2.24) is 15.3 Å². The fraction of sp³-hybridized carbons (Fsp3) is 0.538. The van der Waals surface area contributed by atoms with Crippen LogP contribution < -0.4 is 5.43 Å². The molecule has 3 nitrogen and oxygen atoms in total. The van der Waals surface area contributed by atoms with Crippen LogP contribution in [0.15, 0.2) is 18.2 Å². The van der Waals surface area contributed by atoms with Crippen molar-refractivity contribution in [3.05, 3.63) is 33.8 Å². The molecule has 0 aliphatic carbocycles. The largest absolute Gasteiger partial charge is 0.304 e. The zero-order chi connectivity index (χ0) is 13.1. The van der Waals surface area contributed by atoms with Gasteiger partial charge in [0.2, 0.25) is 0 Å². The van der Waals surface area contributed by atoms with Gasteiger partial charge in [0.25, 0.3) is 0 Å². The zero-order valence-corrected chi connectivity index (χ0v) is 12.3. The molecule has 1 N–H and O–H groups in total. The summed E-state index contributed by atoms with van der Waals surface area (Å²) in [5, 5.41) is 3.49. The van der Waals surface area contributed by atoms with Crippen molar-refractivity contribution in [3.63, 3.8) is 0 Å². The summed E-state index contributed by atoms with van der Waals surface area (Å²) >= 11 is 12.0. The van der Waals surface area contributed by atoms with Crippen molar-refractivity contribution in [3.8, 4) is 0 Å². The summed E-state index contributed by atoms with van der Waals surface area (Å²) in [5.74, 6) is 0. The van der Waals surface area contributed by atoms with Crippen molar-refractivity contribution in [1.29, 1.82) is 0 Å². The Labute approximate surface area is 119 Å². The Morgan fingerprint density at radius 1 is 1.11 bits per heavy atom. The number of hydrazine groups is 1. The highest BCUT2D eigenvalue weighted by Crippen LogP contribution is 2.25. The molecule has 0 bridgehead atoms. The summed E-state index contributed by atoms with van der Waals surface area (Å²) in [5.41, 5.74) is 4.66. The Hall–Kier alpha value is -0.320. The highest BCUT2D eigenvalue weighted by molar-refractivity contribution is 6.42. The van der Waals surface area contributed by atoms with E-state index in [-0.39, 0.29) is 6.04 Å². The number of halogens is 2. The quantitative estimate of drug-likeness (QED) is 0.922. The minimum absolute atomic E-state index is 0.239. The average molecular weight is 288 g/mol. The van der Waals surface area contributed by atoms with E-state index in [1.165, 1.54) is 0 Å². The summed E-state index contributed by atoms with van der Waals surface area (Å²) in [6.07, 6.45) is 0. The number of rotatable bonds is 3. The Morgan fingerprint density at radius 3 is 2.39 bits per heavy atom. The highest BCUT2D eigenvalue weighted by Gasteiger charge is 2.16. The van der Waals surface area contributed by atoms with Gasteiger partial charge in [-0.05, 0) is 31.7 Å². The van der Waals surface area contributed by atoms with Crippen LogP contribution in [-0.4, -0.2) is 43.1 Å². The van der Waals surface area contributed by atoms with E-state index in [1.807, 2.05) is 18.2 Å². The van der Waals surface area contributed by atoms with E-state index in [2.05, 4.69) is 29.3 Å². The fourth-order valence-electron chi connectivity index (χ4n) is 2.07. The monoisotopic (exact) mass is 287 g/mol. The van der Waals surface area contributed by atoms with E-state index < -0.39 is 0 Å². The summed E-state index contributed by atoms with van der Waals surface area (Å²) in [4.78, 5) is 2.34. The lowest BCUT2D eigenvalue weighted by atomic mass is 10.1. The van der Waals surface area contributed by atoms with Crippen LogP contribution in [0.5, 0.6) is 0 Å². The van der Waals surface area contributed by atoms with Gasteiger partial charge in [0, 0.05) is 32.2 Å². The first-order chi connectivity index (χ1) is 8.56. The minimum Gasteiger partial charge on any atom is -0.304 e. The number of benzene rings is 1. The van der Waals surface area contributed by atoms with E-state index in [0.717, 1.165) is 31.7 Å². The van der Waals surface area contributed by atoms with Crippen molar-refractivity contribution in [2.45, 2.75) is 13.0 Å². The molecule has 18 heavy (non-hydrogen) atoms. The molecule has 1 heterocycles. The van der Waals surface area contributed by atoms with Crippen LogP contribution in [0.2, 0.25) is 10.0 Å². The Morgan fingerprint density at radius 2 is 1.78 bits per heavy atom. The Balaban J connectivity index is 1.94. The number of hydrogen-bond acceptors (Lipinski definition) is 3. The average Bonchev–Trinajstić information content (AvgIpc) is 2.35. The first-order valence-electron chi connectivity index (χ1n) is 6.21. The minimum atomic E-state index is 0.239. The van der Waals surface area contributed by atoms with E-state index in [1.54, 1.807) is 0 Å². The van der Waals surface area contributed by atoms with E-state index >= 15 is 0 Å². The molecule has 1 fully saturated rings. The van der Waals surface area contributed by atoms with Gasteiger partial charge in [-0.15, -0.1) is 0 Å². The predicted molar refractivity (Wildman–Crippen MR) is 77.1 cm³/mol. The van der Waals surface area contributed by atoms with Gasteiger partial charge in [-0.25, -0.2) is 10.4 Å². The molecule has 0 amide bonds. The Kier molecular flexibility index (Phi) is 4.87. The maximum absolute atomic E-state index is 6.04. The van der Waals surface area contributed by atoms with Crippen LogP contribution >= 0.6 is 23.2 Å². The maximum atomic E-state index is 6.04. The standard InChI is InChI=1S/C13H19Cl2N3/c1-10(11-3-4-12(14)13(15)9-11)16-18-7-5-17(2)6-8-18/h3-4,9-10,16H,5-8H2,1-2H3. The lowest BCUT2D eigenvalue weighted by molar-refractivity contribution is 0.0899. The molecule has 1 saturated heterocycles. The smallest absolute Gasteiger partial charge is 0.0595 e. The second kappa shape index (κ2) is 6.22. The van der Waals surface area contributed by atoms with Crippen molar-refractivity contribution < 1.29 is 0 Å².